The van der Waals surface area contributed by atoms with Crippen LogP contribution in [0.25, 0.3) is 0 Å². The van der Waals surface area contributed by atoms with E-state index < -0.39 is 11.5 Å². The molecule has 1 aromatic carbocycles. The fourth-order valence-corrected chi connectivity index (χ4v) is 2.76. The van der Waals surface area contributed by atoms with Crippen molar-refractivity contribution >= 4 is 5.97 Å². The van der Waals surface area contributed by atoms with E-state index >= 15 is 0 Å². The van der Waals surface area contributed by atoms with E-state index in [-0.39, 0.29) is 12.5 Å². The Hall–Kier alpha value is -1.55. The quantitative estimate of drug-likeness (QED) is 0.773. The lowest BCUT2D eigenvalue weighted by Crippen LogP contribution is -2.58. The van der Waals surface area contributed by atoms with Gasteiger partial charge in [0.2, 0.25) is 0 Å². The topological polar surface area (TPSA) is 58.6 Å². The first-order chi connectivity index (χ1) is 9.98. The number of carboxylic acid groups (broad SMARTS) is 1. The number of aryl methyl sites for hydroxylation is 2. The Morgan fingerprint density at radius 1 is 1.33 bits per heavy atom. The fourth-order valence-electron chi connectivity index (χ4n) is 2.76. The molecule has 0 bridgehead atoms. The zero-order chi connectivity index (χ0) is 15.5. The molecule has 4 heteroatoms. The van der Waals surface area contributed by atoms with Gasteiger partial charge in [0.15, 0.2) is 5.54 Å². The van der Waals surface area contributed by atoms with Crippen LogP contribution in [0.4, 0.5) is 0 Å². The molecule has 2 N–H and O–H groups in total. The highest BCUT2D eigenvalue weighted by Gasteiger charge is 2.51. The summed E-state index contributed by atoms with van der Waals surface area (Å²) >= 11 is 0. The Bertz CT molecular complexity index is 491. The third kappa shape index (κ3) is 3.76. The maximum Gasteiger partial charge on any atom is 0.327 e. The number of benzene rings is 1. The van der Waals surface area contributed by atoms with E-state index in [9.17, 15) is 9.90 Å². The highest BCUT2D eigenvalue weighted by molar-refractivity contribution is 5.80. The minimum absolute atomic E-state index is 0.174. The number of hydrogen-bond donors (Lipinski definition) is 2. The number of aliphatic carboxylic acids is 1. The molecule has 1 aliphatic rings. The molecule has 0 radical (unpaired) electrons. The molecule has 1 aliphatic carbocycles. The van der Waals surface area contributed by atoms with Gasteiger partial charge in [-0.3, -0.25) is 10.1 Å². The van der Waals surface area contributed by atoms with Gasteiger partial charge in [-0.05, 0) is 68.8 Å². The summed E-state index contributed by atoms with van der Waals surface area (Å²) in [6.45, 7) is 6.94. The molecule has 1 unspecified atom stereocenters. The van der Waals surface area contributed by atoms with E-state index in [1.54, 1.807) is 0 Å². The van der Waals surface area contributed by atoms with E-state index in [0.717, 1.165) is 36.1 Å². The summed E-state index contributed by atoms with van der Waals surface area (Å²) in [6, 6.07) is 5.98. The summed E-state index contributed by atoms with van der Waals surface area (Å²) < 4.78 is 5.85. The minimum Gasteiger partial charge on any atom is -0.491 e. The predicted molar refractivity (Wildman–Crippen MR) is 82.8 cm³/mol. The van der Waals surface area contributed by atoms with Gasteiger partial charge in [0.1, 0.15) is 12.4 Å². The van der Waals surface area contributed by atoms with Crippen LogP contribution in [-0.2, 0) is 4.79 Å². The van der Waals surface area contributed by atoms with Gasteiger partial charge in [-0.15, -0.1) is 0 Å². The first kappa shape index (κ1) is 15.8. The Morgan fingerprint density at radius 2 is 1.95 bits per heavy atom. The summed E-state index contributed by atoms with van der Waals surface area (Å²) in [5, 5.41) is 12.9. The van der Waals surface area contributed by atoms with Gasteiger partial charge in [-0.25, -0.2) is 0 Å². The van der Waals surface area contributed by atoms with Crippen molar-refractivity contribution in [1.29, 1.82) is 0 Å². The second kappa shape index (κ2) is 6.48. The van der Waals surface area contributed by atoms with Crippen LogP contribution in [0.15, 0.2) is 18.2 Å². The van der Waals surface area contributed by atoms with Crippen LogP contribution in [-0.4, -0.2) is 29.8 Å². The average molecular weight is 291 g/mol. The predicted octanol–water partition coefficient (Wildman–Crippen LogP) is 2.92. The van der Waals surface area contributed by atoms with Crippen molar-refractivity contribution < 1.29 is 14.6 Å². The summed E-state index contributed by atoms with van der Waals surface area (Å²) in [7, 11) is 0. The third-order valence-electron chi connectivity index (χ3n) is 4.01. The Morgan fingerprint density at radius 3 is 2.43 bits per heavy atom. The first-order valence-electron chi connectivity index (χ1n) is 7.67. The standard InChI is InChI=1S/C17H25NO3/c1-4-7-18-17(16(19)20,14-5-6-14)11-21-15-9-12(2)8-13(3)10-15/h8-10,14,18H,4-7,11H2,1-3H3,(H,19,20). The summed E-state index contributed by atoms with van der Waals surface area (Å²) in [5.74, 6) is 0.118. The van der Waals surface area contributed by atoms with Crippen molar-refractivity contribution in [2.75, 3.05) is 13.2 Å². The zero-order valence-electron chi connectivity index (χ0n) is 13.1. The van der Waals surface area contributed by atoms with Crippen LogP contribution < -0.4 is 10.1 Å². The number of carbonyl (C=O) groups is 1. The third-order valence-corrected chi connectivity index (χ3v) is 4.01. The molecule has 0 heterocycles. The molecule has 1 saturated carbocycles. The molecule has 116 valence electrons. The maximum absolute atomic E-state index is 11.8. The fraction of sp³-hybridized carbons (Fsp3) is 0.588. The van der Waals surface area contributed by atoms with E-state index in [4.69, 9.17) is 4.74 Å². The Labute approximate surface area is 126 Å². The van der Waals surface area contributed by atoms with Gasteiger partial charge in [0.05, 0.1) is 0 Å². The summed E-state index contributed by atoms with van der Waals surface area (Å²) in [6.07, 6.45) is 2.82. The monoisotopic (exact) mass is 291 g/mol. The molecule has 1 fully saturated rings. The van der Waals surface area contributed by atoms with Crippen LogP contribution in [0.3, 0.4) is 0 Å². The molecule has 1 atom stereocenters. The van der Waals surface area contributed by atoms with Crippen molar-refractivity contribution in [3.8, 4) is 5.75 Å². The van der Waals surface area contributed by atoms with Gasteiger partial charge >= 0.3 is 5.97 Å². The number of ether oxygens (including phenoxy) is 1. The van der Waals surface area contributed by atoms with Crippen molar-refractivity contribution in [2.45, 2.75) is 45.6 Å². The molecule has 0 spiro atoms. The number of hydrogen-bond acceptors (Lipinski definition) is 3. The van der Waals surface area contributed by atoms with E-state index in [1.807, 2.05) is 32.9 Å². The van der Waals surface area contributed by atoms with Crippen molar-refractivity contribution in [3.63, 3.8) is 0 Å². The van der Waals surface area contributed by atoms with Crippen LogP contribution >= 0.6 is 0 Å². The Balaban J connectivity index is 2.12. The molecule has 21 heavy (non-hydrogen) atoms. The smallest absolute Gasteiger partial charge is 0.327 e. The van der Waals surface area contributed by atoms with Crippen LogP contribution in [0.1, 0.15) is 37.3 Å². The SMILES string of the molecule is CCCNC(COc1cc(C)cc(C)c1)(C(=O)O)C1CC1. The molecule has 0 amide bonds. The Kier molecular flexibility index (Phi) is 4.88. The van der Waals surface area contributed by atoms with Crippen molar-refractivity contribution in [1.82, 2.24) is 5.32 Å². The largest absolute Gasteiger partial charge is 0.491 e. The molecule has 0 aromatic heterocycles. The van der Waals surface area contributed by atoms with E-state index in [1.165, 1.54) is 0 Å². The molecular formula is C17H25NO3. The lowest BCUT2D eigenvalue weighted by Gasteiger charge is -2.30. The van der Waals surface area contributed by atoms with E-state index in [0.29, 0.717) is 6.54 Å². The normalized spacial score (nSPS) is 17.3. The van der Waals surface area contributed by atoms with Gasteiger partial charge < -0.3 is 9.84 Å². The molecule has 0 saturated heterocycles. The lowest BCUT2D eigenvalue weighted by atomic mass is 9.94. The number of rotatable bonds is 8. The van der Waals surface area contributed by atoms with E-state index in [2.05, 4.69) is 11.4 Å². The maximum atomic E-state index is 11.8. The number of nitrogens with one attached hydrogen (secondary N) is 1. The second-order valence-corrected chi connectivity index (χ2v) is 6.09. The van der Waals surface area contributed by atoms with Crippen molar-refractivity contribution in [3.05, 3.63) is 29.3 Å². The van der Waals surface area contributed by atoms with Crippen LogP contribution in [0.5, 0.6) is 5.75 Å². The van der Waals surface area contributed by atoms with Crippen LogP contribution in [0.2, 0.25) is 0 Å². The zero-order valence-corrected chi connectivity index (χ0v) is 13.1. The van der Waals surface area contributed by atoms with Gasteiger partial charge in [-0.1, -0.05) is 13.0 Å². The highest BCUT2D eigenvalue weighted by Crippen LogP contribution is 2.40. The van der Waals surface area contributed by atoms with Gasteiger partial charge in [0, 0.05) is 0 Å². The molecule has 2 rings (SSSR count). The van der Waals surface area contributed by atoms with Gasteiger partial charge in [0.25, 0.3) is 0 Å². The molecule has 4 nitrogen and oxygen atoms in total. The highest BCUT2D eigenvalue weighted by atomic mass is 16.5. The first-order valence-corrected chi connectivity index (χ1v) is 7.67. The minimum atomic E-state index is -0.951. The van der Waals surface area contributed by atoms with Gasteiger partial charge in [-0.2, -0.15) is 0 Å². The molecular weight excluding hydrogens is 266 g/mol. The second-order valence-electron chi connectivity index (χ2n) is 6.09. The summed E-state index contributed by atoms with van der Waals surface area (Å²) in [5.41, 5.74) is 1.30. The molecule has 1 aromatic rings. The van der Waals surface area contributed by atoms with Crippen LogP contribution in [0, 0.1) is 19.8 Å². The lowest BCUT2D eigenvalue weighted by molar-refractivity contribution is -0.147. The van der Waals surface area contributed by atoms with Crippen molar-refractivity contribution in [2.24, 2.45) is 5.92 Å². The average Bonchev–Trinajstić information content (AvgIpc) is 3.22. The molecule has 0 aliphatic heterocycles. The number of carboxylic acids is 1. The summed E-state index contributed by atoms with van der Waals surface area (Å²) in [4.78, 5) is 11.8.